The lowest BCUT2D eigenvalue weighted by atomic mass is 10.1. The number of benzene rings is 3. The lowest BCUT2D eigenvalue weighted by Gasteiger charge is -2.19. The van der Waals surface area contributed by atoms with Crippen LogP contribution in [0.2, 0.25) is 0 Å². The van der Waals surface area contributed by atoms with Crippen molar-refractivity contribution in [3.8, 4) is 0 Å². The molecule has 2 heterocycles. The molecule has 8 heteroatoms. The minimum Gasteiger partial charge on any atom is -0.744 e. The molecule has 1 aliphatic heterocycles. The van der Waals surface area contributed by atoms with Crippen molar-refractivity contribution in [2.75, 3.05) is 4.90 Å². The Kier molecular flexibility index (Phi) is 5.33. The third-order valence-corrected chi connectivity index (χ3v) is 5.63. The third kappa shape index (κ3) is 3.81. The molecule has 0 saturated heterocycles. The van der Waals surface area contributed by atoms with Crippen molar-refractivity contribution >= 4 is 38.4 Å². The summed E-state index contributed by atoms with van der Waals surface area (Å²) in [7, 11) is -4.69. The zero-order valence-corrected chi connectivity index (χ0v) is 16.8. The zero-order valence-electron chi connectivity index (χ0n) is 16.0. The highest BCUT2D eigenvalue weighted by Gasteiger charge is 2.37. The summed E-state index contributed by atoms with van der Waals surface area (Å²) in [5.74, 6) is -0.966. The monoisotopic (exact) mass is 431 g/mol. The number of rotatable bonds is 2. The maximum atomic E-state index is 12.7. The number of anilines is 1. The summed E-state index contributed by atoms with van der Waals surface area (Å²) in [5.41, 5.74) is 0.823. The van der Waals surface area contributed by atoms with Crippen LogP contribution in [0.3, 0.4) is 0 Å². The normalized spacial score (nSPS) is 13.0. The van der Waals surface area contributed by atoms with Gasteiger partial charge in [-0.25, -0.2) is 13.3 Å². The Hall–Kier alpha value is -3.88. The minimum absolute atomic E-state index is 0.173. The molecule has 4 aromatic rings. The van der Waals surface area contributed by atoms with E-state index in [1.807, 2.05) is 18.2 Å². The molecule has 0 aliphatic carbocycles. The molecule has 0 N–H and O–H groups in total. The molecule has 0 fully saturated rings. The average molecular weight is 431 g/mol. The van der Waals surface area contributed by atoms with E-state index in [9.17, 15) is 22.6 Å². The van der Waals surface area contributed by atoms with Gasteiger partial charge in [0, 0.05) is 23.2 Å². The van der Waals surface area contributed by atoms with Crippen LogP contribution in [0.4, 0.5) is 5.69 Å². The van der Waals surface area contributed by atoms with Gasteiger partial charge in [-0.2, -0.15) is 0 Å². The van der Waals surface area contributed by atoms with Crippen LogP contribution in [0.5, 0.6) is 0 Å². The maximum Gasteiger partial charge on any atom is 0.266 e. The average Bonchev–Trinajstić information content (AvgIpc) is 3.04. The van der Waals surface area contributed by atoms with E-state index in [-0.39, 0.29) is 27.1 Å². The molecule has 154 valence electrons. The first-order valence-corrected chi connectivity index (χ1v) is 10.6. The van der Waals surface area contributed by atoms with Crippen LogP contribution in [0.15, 0.2) is 96.2 Å². The predicted molar refractivity (Wildman–Crippen MR) is 114 cm³/mol. The van der Waals surface area contributed by atoms with E-state index in [1.54, 1.807) is 54.9 Å². The number of nitrogens with zero attached hydrogens (tertiary/aromatic N) is 2. The Labute approximate surface area is 178 Å². The maximum absolute atomic E-state index is 12.7. The number of hydrogen-bond donors (Lipinski definition) is 0. The van der Waals surface area contributed by atoms with Gasteiger partial charge in [0.15, 0.2) is 0 Å². The quantitative estimate of drug-likeness (QED) is 0.354. The van der Waals surface area contributed by atoms with E-state index >= 15 is 0 Å². The van der Waals surface area contributed by atoms with Gasteiger partial charge in [-0.3, -0.25) is 14.6 Å². The molecular weight excluding hydrogens is 416 g/mol. The molecule has 2 amide bonds. The van der Waals surface area contributed by atoms with Crippen LogP contribution in [-0.2, 0) is 10.1 Å². The van der Waals surface area contributed by atoms with Gasteiger partial charge in [0.25, 0.3) is 11.8 Å². The van der Waals surface area contributed by atoms with Crippen LogP contribution >= 0.6 is 0 Å². The molecule has 0 unspecified atom stereocenters. The summed E-state index contributed by atoms with van der Waals surface area (Å²) in [6.45, 7) is 0. The van der Waals surface area contributed by atoms with Crippen molar-refractivity contribution in [1.29, 1.82) is 0 Å². The predicted octanol–water partition coefficient (Wildman–Crippen LogP) is 3.63. The van der Waals surface area contributed by atoms with E-state index in [0.717, 1.165) is 11.0 Å². The molecule has 3 aromatic carbocycles. The first-order chi connectivity index (χ1) is 14.9. The Morgan fingerprint density at radius 2 is 1.23 bits per heavy atom. The zero-order chi connectivity index (χ0) is 22.0. The molecule has 31 heavy (non-hydrogen) atoms. The van der Waals surface area contributed by atoms with Crippen molar-refractivity contribution in [2.45, 2.75) is 4.90 Å². The molecule has 7 nitrogen and oxygen atoms in total. The largest absolute Gasteiger partial charge is 0.744 e. The van der Waals surface area contributed by atoms with Gasteiger partial charge >= 0.3 is 0 Å². The Bertz CT molecular complexity index is 1340. The smallest absolute Gasteiger partial charge is 0.266 e. The second-order valence-corrected chi connectivity index (χ2v) is 7.95. The number of carbonyl (C=O) groups excluding carboxylic acids is 2. The van der Waals surface area contributed by atoms with Crippen LogP contribution in [-0.4, -0.2) is 29.8 Å². The molecule has 0 atom stereocenters. The highest BCUT2D eigenvalue weighted by molar-refractivity contribution is 7.86. The van der Waals surface area contributed by atoms with Crippen LogP contribution < -0.4 is 4.90 Å². The fourth-order valence-electron chi connectivity index (χ4n) is 3.39. The Morgan fingerprint density at radius 1 is 0.677 bits per heavy atom. The van der Waals surface area contributed by atoms with Crippen molar-refractivity contribution in [3.63, 3.8) is 0 Å². The molecular formula is C23H15N2O5S-. The summed E-state index contributed by atoms with van der Waals surface area (Å²) in [6.07, 6.45) is 3.50. The first kappa shape index (κ1) is 20.4. The first-order valence-electron chi connectivity index (χ1n) is 9.20. The number of pyridine rings is 1. The molecule has 1 aromatic heterocycles. The number of hydrogen-bond acceptors (Lipinski definition) is 6. The van der Waals surface area contributed by atoms with E-state index in [1.165, 1.54) is 12.1 Å². The van der Waals surface area contributed by atoms with Gasteiger partial charge in [0.1, 0.15) is 10.1 Å². The van der Waals surface area contributed by atoms with Crippen molar-refractivity contribution in [1.82, 2.24) is 4.98 Å². The van der Waals surface area contributed by atoms with E-state index in [2.05, 4.69) is 4.98 Å². The second-order valence-electron chi connectivity index (χ2n) is 6.60. The third-order valence-electron chi connectivity index (χ3n) is 4.73. The molecule has 0 spiro atoms. The Morgan fingerprint density at radius 3 is 1.71 bits per heavy atom. The van der Waals surface area contributed by atoms with Crippen LogP contribution in [0.25, 0.3) is 10.8 Å². The topological polar surface area (TPSA) is 107 Å². The van der Waals surface area contributed by atoms with Crippen molar-refractivity contribution < 1.29 is 22.6 Å². The van der Waals surface area contributed by atoms with Crippen molar-refractivity contribution in [3.05, 3.63) is 102 Å². The standard InChI is InChI=1S/C18H11NO5S.C5H5N/c20-17-13-7-3-4-8-14(13)18(21)19(17)15-9-10-16(25(22,23)24)12-6-2-1-5-11(12)15;1-2-4-6-5-3-1/h1-10H,(H,22,23,24);1-5H/p-1. The summed E-state index contributed by atoms with van der Waals surface area (Å²) in [6, 6.07) is 20.9. The van der Waals surface area contributed by atoms with Gasteiger partial charge in [-0.15, -0.1) is 0 Å². The van der Waals surface area contributed by atoms with Gasteiger partial charge < -0.3 is 4.55 Å². The van der Waals surface area contributed by atoms with Crippen LogP contribution in [0.1, 0.15) is 20.7 Å². The molecule has 1 aliphatic rings. The van der Waals surface area contributed by atoms with E-state index in [4.69, 9.17) is 0 Å². The van der Waals surface area contributed by atoms with Gasteiger partial charge in [0.05, 0.1) is 21.7 Å². The number of imide groups is 1. The SMILES string of the molecule is O=C1c2ccccc2C(=O)N1c1ccc(S(=O)(=O)[O-])c2ccccc12.c1ccncc1. The van der Waals surface area contributed by atoms with E-state index in [0.29, 0.717) is 5.39 Å². The van der Waals surface area contributed by atoms with Crippen LogP contribution in [0, 0.1) is 0 Å². The fraction of sp³-hybridized carbons (Fsp3) is 0. The van der Waals surface area contributed by atoms with Gasteiger partial charge in [-0.1, -0.05) is 42.5 Å². The second kappa shape index (κ2) is 8.10. The molecule has 5 rings (SSSR count). The van der Waals surface area contributed by atoms with Gasteiger partial charge in [-0.05, 0) is 36.4 Å². The summed E-state index contributed by atoms with van der Waals surface area (Å²) < 4.78 is 34.5. The number of aromatic nitrogens is 1. The summed E-state index contributed by atoms with van der Waals surface area (Å²) >= 11 is 0. The van der Waals surface area contributed by atoms with E-state index < -0.39 is 21.9 Å². The van der Waals surface area contributed by atoms with Crippen molar-refractivity contribution in [2.24, 2.45) is 0 Å². The van der Waals surface area contributed by atoms with Gasteiger partial charge in [0.2, 0.25) is 0 Å². The number of amides is 2. The lowest BCUT2D eigenvalue weighted by Crippen LogP contribution is -2.29. The molecule has 0 saturated carbocycles. The summed E-state index contributed by atoms with van der Waals surface area (Å²) in [5, 5.41) is 0.514. The molecule has 0 bridgehead atoms. The highest BCUT2D eigenvalue weighted by atomic mass is 32.2. The highest BCUT2D eigenvalue weighted by Crippen LogP contribution is 2.36. The number of fused-ring (bicyclic) bond motifs is 2. The lowest BCUT2D eigenvalue weighted by molar-refractivity contribution is 0.0926. The Balaban J connectivity index is 0.000000334. The number of carbonyl (C=O) groups is 2. The molecule has 0 radical (unpaired) electrons. The fourth-order valence-corrected chi connectivity index (χ4v) is 4.07. The summed E-state index contributed by atoms with van der Waals surface area (Å²) in [4.78, 5) is 29.7. The minimum atomic E-state index is -4.69.